The molecular formula is C17H28N2O2S. The molecule has 0 aliphatic rings. The lowest BCUT2D eigenvalue weighted by Gasteiger charge is -2.17. The number of hydrogen-bond donors (Lipinski definition) is 1. The zero-order chi connectivity index (χ0) is 16.4. The van der Waals surface area contributed by atoms with Gasteiger partial charge in [-0.1, -0.05) is 13.8 Å². The molecule has 0 saturated carbocycles. The van der Waals surface area contributed by atoms with Crippen molar-refractivity contribution in [1.82, 2.24) is 10.2 Å². The van der Waals surface area contributed by atoms with Crippen LogP contribution in [0.25, 0.3) is 0 Å². The van der Waals surface area contributed by atoms with Crippen molar-refractivity contribution >= 4 is 17.9 Å². The molecule has 0 heterocycles. The third-order valence-corrected chi connectivity index (χ3v) is 4.23. The fourth-order valence-electron chi connectivity index (χ4n) is 1.96. The summed E-state index contributed by atoms with van der Waals surface area (Å²) >= 11 is 1.34. The van der Waals surface area contributed by atoms with Crippen LogP contribution in [0.3, 0.4) is 0 Å². The molecule has 5 heteroatoms. The van der Waals surface area contributed by atoms with E-state index in [4.69, 9.17) is 4.18 Å². The summed E-state index contributed by atoms with van der Waals surface area (Å²) in [6.45, 7) is 12.1. The zero-order valence-corrected chi connectivity index (χ0v) is 14.9. The second-order valence-electron chi connectivity index (χ2n) is 5.39. The van der Waals surface area contributed by atoms with Gasteiger partial charge in [0.15, 0.2) is 0 Å². The minimum absolute atomic E-state index is 0.0131. The van der Waals surface area contributed by atoms with Gasteiger partial charge in [0.05, 0.1) is 6.10 Å². The molecule has 0 aliphatic carbocycles. The summed E-state index contributed by atoms with van der Waals surface area (Å²) in [6.07, 6.45) is 1.16. The van der Waals surface area contributed by atoms with Crippen molar-refractivity contribution in [3.05, 3.63) is 29.8 Å². The molecule has 0 radical (unpaired) electrons. The Morgan fingerprint density at radius 2 is 1.86 bits per heavy atom. The van der Waals surface area contributed by atoms with Gasteiger partial charge in [0, 0.05) is 29.0 Å². The maximum atomic E-state index is 12.0. The lowest BCUT2D eigenvalue weighted by Crippen LogP contribution is -2.29. The van der Waals surface area contributed by atoms with Gasteiger partial charge in [0.1, 0.15) is 0 Å². The normalized spacial score (nSPS) is 11.2. The first-order valence-corrected chi connectivity index (χ1v) is 8.74. The summed E-state index contributed by atoms with van der Waals surface area (Å²) in [5.41, 5.74) is 0.691. The number of amides is 1. The lowest BCUT2D eigenvalue weighted by molar-refractivity contribution is 0.0951. The Morgan fingerprint density at radius 1 is 1.23 bits per heavy atom. The van der Waals surface area contributed by atoms with Gasteiger partial charge in [-0.05, 0) is 64.2 Å². The molecule has 4 nitrogen and oxygen atoms in total. The van der Waals surface area contributed by atoms with Crippen molar-refractivity contribution in [3.63, 3.8) is 0 Å². The maximum absolute atomic E-state index is 12.0. The van der Waals surface area contributed by atoms with E-state index in [9.17, 15) is 4.79 Å². The minimum atomic E-state index is -0.0131. The van der Waals surface area contributed by atoms with E-state index in [-0.39, 0.29) is 12.0 Å². The molecule has 0 spiro atoms. The lowest BCUT2D eigenvalue weighted by atomic mass is 10.2. The quantitative estimate of drug-likeness (QED) is 0.527. The van der Waals surface area contributed by atoms with Crippen LogP contribution in [0.5, 0.6) is 0 Å². The van der Waals surface area contributed by atoms with Gasteiger partial charge in [0.2, 0.25) is 0 Å². The maximum Gasteiger partial charge on any atom is 0.251 e. The van der Waals surface area contributed by atoms with E-state index in [1.54, 1.807) is 0 Å². The highest BCUT2D eigenvalue weighted by Gasteiger charge is 2.06. The molecule has 0 unspecified atom stereocenters. The Kier molecular flexibility index (Phi) is 9.20. The Hall–Kier alpha value is -1.04. The number of nitrogens with one attached hydrogen (secondary N) is 1. The number of hydrogen-bond acceptors (Lipinski definition) is 4. The zero-order valence-electron chi connectivity index (χ0n) is 14.1. The summed E-state index contributed by atoms with van der Waals surface area (Å²) in [5.74, 6) is -0.0131. The number of carbonyl (C=O) groups excluding carboxylic acids is 1. The van der Waals surface area contributed by atoms with Crippen LogP contribution in [0, 0.1) is 0 Å². The second-order valence-corrected chi connectivity index (χ2v) is 6.22. The topological polar surface area (TPSA) is 41.6 Å². The van der Waals surface area contributed by atoms with Gasteiger partial charge in [0.25, 0.3) is 5.91 Å². The Bertz CT molecular complexity index is 431. The van der Waals surface area contributed by atoms with Crippen LogP contribution in [0.2, 0.25) is 0 Å². The number of carbonyl (C=O) groups is 1. The molecule has 0 aliphatic heterocycles. The van der Waals surface area contributed by atoms with Gasteiger partial charge >= 0.3 is 0 Å². The average molecular weight is 324 g/mol. The van der Waals surface area contributed by atoms with Crippen LogP contribution in [-0.2, 0) is 4.18 Å². The van der Waals surface area contributed by atoms with Crippen molar-refractivity contribution in [1.29, 1.82) is 0 Å². The van der Waals surface area contributed by atoms with E-state index in [1.807, 2.05) is 38.1 Å². The van der Waals surface area contributed by atoms with Gasteiger partial charge in [-0.25, -0.2) is 0 Å². The molecule has 22 heavy (non-hydrogen) atoms. The van der Waals surface area contributed by atoms with E-state index in [1.165, 1.54) is 12.0 Å². The van der Waals surface area contributed by atoms with Crippen molar-refractivity contribution in [2.45, 2.75) is 45.1 Å². The monoisotopic (exact) mass is 324 g/mol. The van der Waals surface area contributed by atoms with Crippen molar-refractivity contribution < 1.29 is 8.98 Å². The fraction of sp³-hybridized carbons (Fsp3) is 0.588. The first-order chi connectivity index (χ1) is 10.6. The third kappa shape index (κ3) is 7.29. The molecule has 1 N–H and O–H groups in total. The summed E-state index contributed by atoms with van der Waals surface area (Å²) < 4.78 is 5.46. The largest absolute Gasteiger partial charge is 0.352 e. The Labute approximate surface area is 138 Å². The van der Waals surface area contributed by atoms with E-state index in [0.717, 1.165) is 31.0 Å². The molecular weight excluding hydrogens is 296 g/mol. The molecule has 1 amide bonds. The first kappa shape index (κ1) is 19.0. The third-order valence-electron chi connectivity index (χ3n) is 3.28. The van der Waals surface area contributed by atoms with Crippen molar-refractivity contribution in [3.8, 4) is 0 Å². The molecule has 1 rings (SSSR count). The number of nitrogens with zero attached hydrogens (tertiary/aromatic N) is 1. The van der Waals surface area contributed by atoms with Gasteiger partial charge in [-0.15, -0.1) is 0 Å². The van der Waals surface area contributed by atoms with Crippen LogP contribution in [0.4, 0.5) is 0 Å². The summed E-state index contributed by atoms with van der Waals surface area (Å²) in [5, 5.41) is 2.97. The molecule has 0 atom stereocenters. The van der Waals surface area contributed by atoms with Crippen molar-refractivity contribution in [2.24, 2.45) is 0 Å². The Balaban J connectivity index is 2.33. The van der Waals surface area contributed by atoms with Crippen LogP contribution >= 0.6 is 12.0 Å². The fourth-order valence-corrected chi connectivity index (χ4v) is 2.51. The number of rotatable bonds is 10. The molecule has 1 aromatic rings. The van der Waals surface area contributed by atoms with Crippen LogP contribution in [0.1, 0.15) is 44.5 Å². The Morgan fingerprint density at radius 3 is 2.41 bits per heavy atom. The predicted molar refractivity (Wildman–Crippen MR) is 93.3 cm³/mol. The molecule has 1 aromatic carbocycles. The van der Waals surface area contributed by atoms with E-state index >= 15 is 0 Å². The first-order valence-electron chi connectivity index (χ1n) is 8.00. The highest BCUT2D eigenvalue weighted by Crippen LogP contribution is 2.21. The van der Waals surface area contributed by atoms with Crippen LogP contribution in [0.15, 0.2) is 29.2 Å². The summed E-state index contributed by atoms with van der Waals surface area (Å²) in [7, 11) is 0. The molecule has 0 fully saturated rings. The minimum Gasteiger partial charge on any atom is -0.352 e. The predicted octanol–water partition coefficient (Wildman–Crippen LogP) is 3.58. The van der Waals surface area contributed by atoms with Crippen LogP contribution < -0.4 is 5.32 Å². The summed E-state index contributed by atoms with van der Waals surface area (Å²) in [6, 6.07) is 7.51. The SMILES string of the molecule is CCN(CC)CCCNC(=O)c1ccc(SOC(C)C)cc1. The van der Waals surface area contributed by atoms with Gasteiger partial charge < -0.3 is 14.4 Å². The molecule has 0 saturated heterocycles. The average Bonchev–Trinajstić information content (AvgIpc) is 2.53. The van der Waals surface area contributed by atoms with Crippen molar-refractivity contribution in [2.75, 3.05) is 26.2 Å². The van der Waals surface area contributed by atoms with E-state index in [2.05, 4.69) is 24.1 Å². The van der Waals surface area contributed by atoms with Gasteiger partial charge in [-0.3, -0.25) is 4.79 Å². The van der Waals surface area contributed by atoms with E-state index in [0.29, 0.717) is 12.1 Å². The highest BCUT2D eigenvalue weighted by atomic mass is 32.2. The smallest absolute Gasteiger partial charge is 0.251 e. The number of benzene rings is 1. The van der Waals surface area contributed by atoms with E-state index < -0.39 is 0 Å². The van der Waals surface area contributed by atoms with Crippen LogP contribution in [-0.4, -0.2) is 43.1 Å². The molecule has 0 aromatic heterocycles. The highest BCUT2D eigenvalue weighted by molar-refractivity contribution is 7.94. The molecule has 124 valence electrons. The second kappa shape index (κ2) is 10.6. The molecule has 0 bridgehead atoms. The summed E-state index contributed by atoms with van der Waals surface area (Å²) in [4.78, 5) is 15.4. The van der Waals surface area contributed by atoms with Gasteiger partial charge in [-0.2, -0.15) is 0 Å². The standard InChI is InChI=1S/C17H28N2O2S/c1-5-19(6-2)13-7-12-18-17(20)15-8-10-16(11-9-15)22-21-14(3)4/h8-11,14H,5-7,12-13H2,1-4H3,(H,18,20).